The van der Waals surface area contributed by atoms with E-state index in [0.29, 0.717) is 31.2 Å². The van der Waals surface area contributed by atoms with Crippen LogP contribution in [0.4, 0.5) is 25.2 Å². The van der Waals surface area contributed by atoms with Crippen LogP contribution in [0.15, 0.2) is 29.7 Å². The van der Waals surface area contributed by atoms with Crippen molar-refractivity contribution in [3.8, 4) is 0 Å². The van der Waals surface area contributed by atoms with Gasteiger partial charge in [-0.3, -0.25) is 0 Å². The van der Waals surface area contributed by atoms with Gasteiger partial charge in [-0.05, 0) is 62.6 Å². The first kappa shape index (κ1) is 26.7. The van der Waals surface area contributed by atoms with Crippen LogP contribution >= 0.6 is 0 Å². The Morgan fingerprint density at radius 1 is 1.16 bits per heavy atom. The van der Waals surface area contributed by atoms with E-state index in [1.54, 1.807) is 6.92 Å². The van der Waals surface area contributed by atoms with Crippen molar-refractivity contribution < 1.29 is 23.5 Å². The molecule has 0 spiro atoms. The maximum atomic E-state index is 14.8. The van der Waals surface area contributed by atoms with Crippen LogP contribution in [0.1, 0.15) is 62.5 Å². The van der Waals surface area contributed by atoms with Gasteiger partial charge in [0, 0.05) is 44.4 Å². The summed E-state index contributed by atoms with van der Waals surface area (Å²) in [6.07, 6.45) is 7.93. The Morgan fingerprint density at radius 3 is 2.49 bits per heavy atom. The lowest BCUT2D eigenvalue weighted by Gasteiger charge is -2.31. The smallest absolute Gasteiger partial charge is 0.319 e. The van der Waals surface area contributed by atoms with Gasteiger partial charge < -0.3 is 25.5 Å². The van der Waals surface area contributed by atoms with Crippen molar-refractivity contribution in [2.75, 3.05) is 29.9 Å². The van der Waals surface area contributed by atoms with Crippen LogP contribution in [-0.4, -0.2) is 58.7 Å². The van der Waals surface area contributed by atoms with E-state index in [1.165, 1.54) is 0 Å². The number of carbonyl (C=O) groups excluding carboxylic acids is 1. The number of aryl methyl sites for hydroxylation is 1. The van der Waals surface area contributed by atoms with E-state index >= 15 is 0 Å². The van der Waals surface area contributed by atoms with Gasteiger partial charge in [0.15, 0.2) is 0 Å². The molecular formula is C26H34F2N6O3. The van der Waals surface area contributed by atoms with E-state index in [2.05, 4.69) is 30.7 Å². The lowest BCUT2D eigenvalue weighted by molar-refractivity contribution is 0.0406. The largest absolute Gasteiger partial charge is 0.394 e. The van der Waals surface area contributed by atoms with Gasteiger partial charge in [0.05, 0.1) is 24.0 Å². The molecule has 4 rings (SSSR count). The normalized spacial score (nSPS) is 19.3. The lowest BCUT2D eigenvalue weighted by atomic mass is 9.83. The first-order valence-corrected chi connectivity index (χ1v) is 12.7. The van der Waals surface area contributed by atoms with Gasteiger partial charge in [0.2, 0.25) is 5.95 Å². The zero-order chi connectivity index (χ0) is 26.4. The SMILES string of the molecule is Cc1cnc(N2CCC(ON=C3CCC(c4cc(F)c(NC(=O)N[C@@H](C)CO)cc4F)CC3)CC2)nc1. The van der Waals surface area contributed by atoms with E-state index in [9.17, 15) is 13.6 Å². The quantitative estimate of drug-likeness (QED) is 0.474. The van der Waals surface area contributed by atoms with E-state index in [0.717, 1.165) is 55.3 Å². The molecule has 200 valence electrons. The number of anilines is 2. The van der Waals surface area contributed by atoms with Crippen LogP contribution in [0.2, 0.25) is 0 Å². The molecule has 11 heteroatoms. The topological polar surface area (TPSA) is 112 Å². The minimum absolute atomic E-state index is 0.0380. The molecule has 1 aromatic carbocycles. The zero-order valence-corrected chi connectivity index (χ0v) is 21.2. The monoisotopic (exact) mass is 516 g/mol. The summed E-state index contributed by atoms with van der Waals surface area (Å²) in [7, 11) is 0. The van der Waals surface area contributed by atoms with Gasteiger partial charge >= 0.3 is 6.03 Å². The molecule has 2 aromatic rings. The molecule has 3 N–H and O–H groups in total. The van der Waals surface area contributed by atoms with Crippen molar-refractivity contribution in [3.63, 3.8) is 0 Å². The number of urea groups is 1. The molecule has 2 amide bonds. The first-order chi connectivity index (χ1) is 17.8. The number of hydrogen-bond donors (Lipinski definition) is 3. The second-order valence-corrected chi connectivity index (χ2v) is 9.82. The second kappa shape index (κ2) is 12.3. The minimum Gasteiger partial charge on any atom is -0.394 e. The Hall–Kier alpha value is -3.34. The summed E-state index contributed by atoms with van der Waals surface area (Å²) in [6.45, 7) is 4.90. The first-order valence-electron chi connectivity index (χ1n) is 12.7. The Kier molecular flexibility index (Phi) is 8.86. The number of nitrogens with one attached hydrogen (secondary N) is 2. The number of nitrogens with zero attached hydrogens (tertiary/aromatic N) is 4. The highest BCUT2D eigenvalue weighted by molar-refractivity contribution is 5.89. The molecule has 1 atom stereocenters. The minimum atomic E-state index is -0.708. The molecule has 2 fully saturated rings. The lowest BCUT2D eigenvalue weighted by Crippen LogP contribution is -2.38. The van der Waals surface area contributed by atoms with Crippen molar-refractivity contribution in [2.24, 2.45) is 5.16 Å². The number of hydrogen-bond acceptors (Lipinski definition) is 7. The average Bonchev–Trinajstić information content (AvgIpc) is 2.90. The Bertz CT molecular complexity index is 1100. The van der Waals surface area contributed by atoms with Gasteiger partial charge in [-0.25, -0.2) is 23.5 Å². The fraction of sp³-hybridized carbons (Fsp3) is 0.538. The number of oxime groups is 1. The standard InChI is InChI=1S/C26H34F2N6O3/c1-16-13-29-25(30-14-16)34-9-7-20(8-10-34)37-33-19-5-3-18(4-6-19)21-11-23(28)24(12-22(21)27)32-26(36)31-17(2)15-35/h11-14,17-18,20,35H,3-10,15H2,1-2H3,(H2,31,32,36)/t17-,18?/m0/s1. The number of benzene rings is 1. The van der Waals surface area contributed by atoms with Gasteiger partial charge in [-0.15, -0.1) is 0 Å². The molecule has 2 heterocycles. The summed E-state index contributed by atoms with van der Waals surface area (Å²) in [5, 5.41) is 18.1. The molecule has 2 aliphatic rings. The van der Waals surface area contributed by atoms with Gasteiger partial charge in [0.25, 0.3) is 0 Å². The third-order valence-electron chi connectivity index (χ3n) is 6.81. The van der Waals surface area contributed by atoms with Crippen LogP contribution in [0.3, 0.4) is 0 Å². The molecule has 0 unspecified atom stereocenters. The van der Waals surface area contributed by atoms with Gasteiger partial charge in [-0.2, -0.15) is 0 Å². The average molecular weight is 517 g/mol. The van der Waals surface area contributed by atoms with Crippen molar-refractivity contribution in [1.29, 1.82) is 0 Å². The van der Waals surface area contributed by atoms with Gasteiger partial charge in [-0.1, -0.05) is 5.16 Å². The number of aliphatic hydroxyl groups is 1. The third-order valence-corrected chi connectivity index (χ3v) is 6.81. The summed E-state index contributed by atoms with van der Waals surface area (Å²) in [5.74, 6) is -0.657. The molecule has 37 heavy (non-hydrogen) atoms. The third kappa shape index (κ3) is 7.12. The molecular weight excluding hydrogens is 482 g/mol. The summed E-state index contributed by atoms with van der Waals surface area (Å²) >= 11 is 0. The molecule has 1 aromatic heterocycles. The number of carbonyl (C=O) groups is 1. The van der Waals surface area contributed by atoms with E-state index in [-0.39, 0.29) is 24.3 Å². The van der Waals surface area contributed by atoms with Crippen molar-refractivity contribution in [1.82, 2.24) is 15.3 Å². The molecule has 0 bridgehead atoms. The highest BCUT2D eigenvalue weighted by atomic mass is 19.1. The summed E-state index contributed by atoms with van der Waals surface area (Å²) in [4.78, 5) is 28.6. The zero-order valence-electron chi connectivity index (χ0n) is 21.2. The molecule has 1 saturated carbocycles. The number of halogens is 2. The Morgan fingerprint density at radius 2 is 1.84 bits per heavy atom. The highest BCUT2D eigenvalue weighted by Gasteiger charge is 2.26. The van der Waals surface area contributed by atoms with E-state index in [4.69, 9.17) is 9.94 Å². The molecule has 0 radical (unpaired) electrons. The fourth-order valence-electron chi connectivity index (χ4n) is 4.61. The summed E-state index contributed by atoms with van der Waals surface area (Å²) in [6, 6.07) is 0.958. The summed E-state index contributed by atoms with van der Waals surface area (Å²) < 4.78 is 29.4. The molecule has 1 aliphatic carbocycles. The molecule has 9 nitrogen and oxygen atoms in total. The Balaban J connectivity index is 1.25. The van der Waals surface area contributed by atoms with Crippen LogP contribution < -0.4 is 15.5 Å². The molecule has 1 aliphatic heterocycles. The fourth-order valence-corrected chi connectivity index (χ4v) is 4.61. The predicted octanol–water partition coefficient (Wildman–Crippen LogP) is 4.26. The summed E-state index contributed by atoms with van der Waals surface area (Å²) in [5.41, 5.74) is 2.03. The van der Waals surface area contributed by atoms with Crippen molar-refractivity contribution >= 4 is 23.4 Å². The van der Waals surface area contributed by atoms with E-state index < -0.39 is 23.7 Å². The Labute approximate surface area is 215 Å². The number of piperidine rings is 1. The highest BCUT2D eigenvalue weighted by Crippen LogP contribution is 2.35. The van der Waals surface area contributed by atoms with Crippen LogP contribution in [0.5, 0.6) is 0 Å². The van der Waals surface area contributed by atoms with Crippen LogP contribution in [0, 0.1) is 18.6 Å². The molecule has 1 saturated heterocycles. The number of amides is 2. The maximum absolute atomic E-state index is 14.8. The predicted molar refractivity (Wildman–Crippen MR) is 137 cm³/mol. The van der Waals surface area contributed by atoms with Gasteiger partial charge in [0.1, 0.15) is 17.7 Å². The number of aliphatic hydroxyl groups excluding tert-OH is 1. The second-order valence-electron chi connectivity index (χ2n) is 9.82. The van der Waals surface area contributed by atoms with Crippen LogP contribution in [0.25, 0.3) is 0 Å². The van der Waals surface area contributed by atoms with Crippen LogP contribution in [-0.2, 0) is 4.84 Å². The number of aromatic nitrogens is 2. The van der Waals surface area contributed by atoms with E-state index in [1.807, 2.05) is 19.3 Å². The van der Waals surface area contributed by atoms with Crippen molar-refractivity contribution in [3.05, 3.63) is 47.3 Å². The number of rotatable bonds is 7. The maximum Gasteiger partial charge on any atom is 0.319 e. The van der Waals surface area contributed by atoms with Crippen molar-refractivity contribution in [2.45, 2.75) is 70.4 Å².